The van der Waals surface area contributed by atoms with Crippen molar-refractivity contribution in [2.45, 2.75) is 32.0 Å². The molecule has 0 unspecified atom stereocenters. The normalized spacial score (nSPS) is 12.1. The summed E-state index contributed by atoms with van der Waals surface area (Å²) in [6.07, 6.45) is -0.329. The average molecular weight is 570 g/mol. The highest BCUT2D eigenvalue weighted by Crippen LogP contribution is 2.15. The van der Waals surface area contributed by atoms with Crippen LogP contribution in [0.15, 0.2) is 103 Å². The van der Waals surface area contributed by atoms with E-state index in [1.54, 1.807) is 78.9 Å². The van der Waals surface area contributed by atoms with Crippen LogP contribution in [0.5, 0.6) is 0 Å². The molecule has 0 aliphatic carbocycles. The van der Waals surface area contributed by atoms with Crippen LogP contribution in [0.1, 0.15) is 45.6 Å². The highest BCUT2D eigenvalue weighted by Gasteiger charge is 2.26. The van der Waals surface area contributed by atoms with E-state index in [1.807, 2.05) is 6.07 Å². The lowest BCUT2D eigenvalue weighted by Gasteiger charge is -2.22. The number of nitrogens with one attached hydrogen (secondary N) is 3. The molecule has 0 aromatic heterocycles. The van der Waals surface area contributed by atoms with E-state index in [0.717, 1.165) is 17.7 Å². The number of benzene rings is 4. The van der Waals surface area contributed by atoms with E-state index in [9.17, 15) is 28.0 Å². The molecule has 0 fully saturated rings. The van der Waals surface area contributed by atoms with Crippen LogP contribution in [0.3, 0.4) is 0 Å². The topological polar surface area (TPSA) is 104 Å². The van der Waals surface area contributed by atoms with Crippen molar-refractivity contribution in [3.63, 3.8) is 0 Å². The molecule has 0 saturated carbocycles. The van der Waals surface area contributed by atoms with Crippen LogP contribution in [0.4, 0.5) is 8.78 Å². The average Bonchev–Trinajstić information content (AvgIpc) is 2.98. The summed E-state index contributed by atoms with van der Waals surface area (Å²) < 4.78 is 26.9. The van der Waals surface area contributed by atoms with Gasteiger partial charge in [-0.3, -0.25) is 19.2 Å². The fourth-order valence-corrected chi connectivity index (χ4v) is 4.29. The summed E-state index contributed by atoms with van der Waals surface area (Å²) in [4.78, 5) is 51.2. The van der Waals surface area contributed by atoms with E-state index in [4.69, 9.17) is 0 Å². The number of ketones is 1. The lowest BCUT2D eigenvalue weighted by Crippen LogP contribution is -2.49. The number of halogens is 2. The smallest absolute Gasteiger partial charge is 0.247 e. The zero-order valence-corrected chi connectivity index (χ0v) is 22.8. The summed E-state index contributed by atoms with van der Waals surface area (Å²) in [6.45, 7) is 1.59. The van der Waals surface area contributed by atoms with Gasteiger partial charge in [-0.2, -0.15) is 0 Å². The SMILES string of the molecule is C[C@H](NC(=O)Cc1cc(F)cc(F)c1)C(=O)N[C@H](C(=O)NCc1ccc(C(=O)c2ccccc2)cc1)c1ccccc1. The summed E-state index contributed by atoms with van der Waals surface area (Å²) in [6, 6.07) is 25.1. The molecule has 9 heteroatoms. The minimum Gasteiger partial charge on any atom is -0.350 e. The van der Waals surface area contributed by atoms with Crippen LogP contribution in [-0.2, 0) is 27.3 Å². The zero-order valence-electron chi connectivity index (χ0n) is 22.8. The predicted molar refractivity (Wildman–Crippen MR) is 153 cm³/mol. The van der Waals surface area contributed by atoms with E-state index >= 15 is 0 Å². The minimum absolute atomic E-state index is 0.109. The van der Waals surface area contributed by atoms with E-state index in [0.29, 0.717) is 22.8 Å². The maximum absolute atomic E-state index is 13.4. The van der Waals surface area contributed by atoms with Gasteiger partial charge in [0.05, 0.1) is 6.42 Å². The van der Waals surface area contributed by atoms with Crippen molar-refractivity contribution in [2.75, 3.05) is 0 Å². The van der Waals surface area contributed by atoms with Gasteiger partial charge in [0.15, 0.2) is 5.78 Å². The molecule has 0 heterocycles. The van der Waals surface area contributed by atoms with Crippen molar-refractivity contribution >= 4 is 23.5 Å². The molecule has 4 aromatic carbocycles. The number of carbonyl (C=O) groups is 4. The van der Waals surface area contributed by atoms with Crippen molar-refractivity contribution < 1.29 is 28.0 Å². The van der Waals surface area contributed by atoms with Gasteiger partial charge < -0.3 is 16.0 Å². The van der Waals surface area contributed by atoms with Gasteiger partial charge in [0, 0.05) is 23.7 Å². The number of carbonyl (C=O) groups excluding carboxylic acids is 4. The van der Waals surface area contributed by atoms with E-state index < -0.39 is 41.4 Å². The second kappa shape index (κ2) is 13.9. The predicted octanol–water partition coefficient (Wildman–Crippen LogP) is 4.42. The second-order valence-electron chi connectivity index (χ2n) is 9.71. The molecule has 7 nitrogen and oxygen atoms in total. The quantitative estimate of drug-likeness (QED) is 0.233. The van der Waals surface area contributed by atoms with Gasteiger partial charge in [-0.05, 0) is 35.7 Å². The molecule has 3 N–H and O–H groups in total. The Morgan fingerprint density at radius 2 is 1.24 bits per heavy atom. The Hall–Kier alpha value is -5.18. The van der Waals surface area contributed by atoms with E-state index in [2.05, 4.69) is 16.0 Å². The molecule has 4 rings (SSSR count). The van der Waals surface area contributed by atoms with Gasteiger partial charge >= 0.3 is 0 Å². The third-order valence-electron chi connectivity index (χ3n) is 6.46. The first kappa shape index (κ1) is 29.8. The molecular formula is C33H29F2N3O4. The minimum atomic E-state index is -1.06. The Morgan fingerprint density at radius 3 is 1.86 bits per heavy atom. The first-order valence-corrected chi connectivity index (χ1v) is 13.3. The maximum Gasteiger partial charge on any atom is 0.247 e. The highest BCUT2D eigenvalue weighted by molar-refractivity contribution is 6.08. The number of hydrogen-bond donors (Lipinski definition) is 3. The number of amides is 3. The van der Waals surface area contributed by atoms with Gasteiger partial charge in [0.2, 0.25) is 17.7 Å². The van der Waals surface area contributed by atoms with Crippen molar-refractivity contribution in [2.24, 2.45) is 0 Å². The Balaban J connectivity index is 1.37. The third kappa shape index (κ3) is 8.17. The molecule has 0 saturated heterocycles. The molecule has 0 bridgehead atoms. The Kier molecular flexibility index (Phi) is 9.89. The Labute approximate surface area is 242 Å². The van der Waals surface area contributed by atoms with Crippen molar-refractivity contribution in [3.8, 4) is 0 Å². The molecule has 42 heavy (non-hydrogen) atoms. The van der Waals surface area contributed by atoms with Crippen LogP contribution >= 0.6 is 0 Å². The Bertz CT molecular complexity index is 1540. The van der Waals surface area contributed by atoms with Crippen LogP contribution in [-0.4, -0.2) is 29.5 Å². The molecule has 214 valence electrons. The molecule has 3 amide bonds. The first-order chi connectivity index (χ1) is 20.2. The van der Waals surface area contributed by atoms with Crippen molar-refractivity contribution in [1.82, 2.24) is 16.0 Å². The lowest BCUT2D eigenvalue weighted by atomic mass is 10.0. The van der Waals surface area contributed by atoms with Gasteiger partial charge in [0.25, 0.3) is 0 Å². The molecule has 2 atom stereocenters. The van der Waals surface area contributed by atoms with E-state index in [1.165, 1.54) is 6.92 Å². The first-order valence-electron chi connectivity index (χ1n) is 13.3. The van der Waals surface area contributed by atoms with Crippen LogP contribution in [0.25, 0.3) is 0 Å². The summed E-state index contributed by atoms with van der Waals surface area (Å²) in [5.74, 6) is -3.44. The fraction of sp³-hybridized carbons (Fsp3) is 0.152. The van der Waals surface area contributed by atoms with Gasteiger partial charge in [-0.15, -0.1) is 0 Å². The standard InChI is InChI=1S/C33H29F2N3O4/c1-21(37-29(39)18-23-16-27(34)19-28(35)17-23)32(41)38-30(24-8-4-2-5-9-24)33(42)36-20-22-12-14-26(15-13-22)31(40)25-10-6-3-7-11-25/h2-17,19,21,30H,18,20H2,1H3,(H,36,42)(H,37,39)(H,38,41)/t21-,30-/m0/s1. The van der Waals surface area contributed by atoms with Crippen LogP contribution in [0, 0.1) is 11.6 Å². The summed E-state index contributed by atoms with van der Waals surface area (Å²) in [5.41, 5.74) is 2.50. The number of rotatable bonds is 11. The van der Waals surface area contributed by atoms with E-state index in [-0.39, 0.29) is 24.3 Å². The third-order valence-corrected chi connectivity index (χ3v) is 6.46. The Morgan fingerprint density at radius 1 is 0.667 bits per heavy atom. The van der Waals surface area contributed by atoms with Crippen LogP contribution < -0.4 is 16.0 Å². The molecular weight excluding hydrogens is 540 g/mol. The maximum atomic E-state index is 13.4. The monoisotopic (exact) mass is 569 g/mol. The van der Waals surface area contributed by atoms with Gasteiger partial charge in [-0.25, -0.2) is 8.78 Å². The van der Waals surface area contributed by atoms with Crippen LogP contribution in [0.2, 0.25) is 0 Å². The van der Waals surface area contributed by atoms with Crippen molar-refractivity contribution in [1.29, 1.82) is 0 Å². The van der Waals surface area contributed by atoms with Crippen molar-refractivity contribution in [3.05, 3.63) is 143 Å². The van der Waals surface area contributed by atoms with Gasteiger partial charge in [-0.1, -0.05) is 84.9 Å². The molecule has 4 aromatic rings. The fourth-order valence-electron chi connectivity index (χ4n) is 4.29. The summed E-state index contributed by atoms with van der Waals surface area (Å²) in [7, 11) is 0. The summed E-state index contributed by atoms with van der Waals surface area (Å²) >= 11 is 0. The molecule has 0 radical (unpaired) electrons. The van der Waals surface area contributed by atoms with Gasteiger partial charge in [0.1, 0.15) is 23.7 Å². The summed E-state index contributed by atoms with van der Waals surface area (Å²) in [5, 5.41) is 7.97. The zero-order chi connectivity index (χ0) is 30.1. The largest absolute Gasteiger partial charge is 0.350 e. The molecule has 0 spiro atoms. The second-order valence-corrected chi connectivity index (χ2v) is 9.71. The molecule has 0 aliphatic heterocycles. The lowest BCUT2D eigenvalue weighted by molar-refractivity contribution is -0.131. The highest BCUT2D eigenvalue weighted by atomic mass is 19.1. The molecule has 0 aliphatic rings. The number of hydrogen-bond acceptors (Lipinski definition) is 4.